The van der Waals surface area contributed by atoms with Crippen LogP contribution < -0.4 is 0 Å². The second-order valence-electron chi connectivity index (χ2n) is 3.72. The summed E-state index contributed by atoms with van der Waals surface area (Å²) in [6, 6.07) is 7.96. The lowest BCUT2D eigenvalue weighted by Crippen LogP contribution is -1.95. The van der Waals surface area contributed by atoms with Crippen molar-refractivity contribution in [3.05, 3.63) is 35.4 Å². The van der Waals surface area contributed by atoms with E-state index in [9.17, 15) is 4.79 Å². The van der Waals surface area contributed by atoms with Crippen molar-refractivity contribution in [2.75, 3.05) is 5.75 Å². The molecule has 0 radical (unpaired) electrons. The molecule has 90 valence electrons. The van der Waals surface area contributed by atoms with Crippen LogP contribution in [-0.2, 0) is 11.2 Å². The molecule has 1 aromatic rings. The fraction of sp³-hybridized carbons (Fsp3) is 0.357. The Hall–Kier alpha value is -1.40. The molecule has 0 atom stereocenters. The molecule has 0 aliphatic rings. The van der Waals surface area contributed by atoms with E-state index in [1.165, 1.54) is 0 Å². The average Bonchev–Trinajstić information content (AvgIpc) is 2.31. The highest BCUT2D eigenvalue weighted by Crippen LogP contribution is 2.07. The van der Waals surface area contributed by atoms with E-state index in [0.29, 0.717) is 6.42 Å². The van der Waals surface area contributed by atoms with Crippen LogP contribution in [-0.4, -0.2) is 16.8 Å². The molecule has 0 fully saturated rings. The lowest BCUT2D eigenvalue weighted by atomic mass is 10.1. The number of benzene rings is 1. The summed E-state index contributed by atoms with van der Waals surface area (Å²) < 4.78 is 0. The van der Waals surface area contributed by atoms with Gasteiger partial charge in [0.1, 0.15) is 0 Å². The van der Waals surface area contributed by atoms with Crippen molar-refractivity contribution in [2.24, 2.45) is 0 Å². The van der Waals surface area contributed by atoms with Crippen molar-refractivity contribution in [3.8, 4) is 11.8 Å². The van der Waals surface area contributed by atoms with Gasteiger partial charge in [-0.3, -0.25) is 4.79 Å². The fourth-order valence-corrected chi connectivity index (χ4v) is 1.53. The zero-order chi connectivity index (χ0) is 12.5. The standard InChI is InChI=1S/C14H16O2S/c15-14(16)6-3-5-13-9-7-12(8-10-13)4-1-2-11-17/h7-10,17H,2-3,5-6,11H2,(H,15,16). The Bertz CT molecular complexity index is 412. The monoisotopic (exact) mass is 248 g/mol. The highest BCUT2D eigenvalue weighted by Gasteiger charge is 1.98. The summed E-state index contributed by atoms with van der Waals surface area (Å²) in [5, 5.41) is 8.53. The molecule has 0 amide bonds. The van der Waals surface area contributed by atoms with Crippen molar-refractivity contribution >= 4 is 18.6 Å². The maximum Gasteiger partial charge on any atom is 0.303 e. The van der Waals surface area contributed by atoms with Gasteiger partial charge in [0.05, 0.1) is 0 Å². The molecule has 1 rings (SSSR count). The highest BCUT2D eigenvalue weighted by molar-refractivity contribution is 7.80. The summed E-state index contributed by atoms with van der Waals surface area (Å²) in [7, 11) is 0. The van der Waals surface area contributed by atoms with E-state index in [1.807, 2.05) is 24.3 Å². The molecule has 0 unspecified atom stereocenters. The van der Waals surface area contributed by atoms with Gasteiger partial charge >= 0.3 is 5.97 Å². The van der Waals surface area contributed by atoms with Crippen LogP contribution in [0.1, 0.15) is 30.4 Å². The third-order valence-corrected chi connectivity index (χ3v) is 2.50. The van der Waals surface area contributed by atoms with Crippen molar-refractivity contribution in [3.63, 3.8) is 0 Å². The molecule has 0 heterocycles. The zero-order valence-corrected chi connectivity index (χ0v) is 10.5. The van der Waals surface area contributed by atoms with Gasteiger partial charge in [-0.15, -0.1) is 0 Å². The van der Waals surface area contributed by atoms with Crippen LogP contribution in [0.3, 0.4) is 0 Å². The number of aryl methyl sites for hydroxylation is 1. The molecule has 0 bridgehead atoms. The minimum atomic E-state index is -0.737. The third kappa shape index (κ3) is 6.03. The first-order valence-corrected chi connectivity index (χ1v) is 6.26. The summed E-state index contributed by atoms with van der Waals surface area (Å²) >= 11 is 4.09. The van der Waals surface area contributed by atoms with Crippen molar-refractivity contribution < 1.29 is 9.90 Å². The third-order valence-electron chi connectivity index (χ3n) is 2.28. The van der Waals surface area contributed by atoms with Crippen LogP contribution in [0.2, 0.25) is 0 Å². The maximum absolute atomic E-state index is 10.4. The average molecular weight is 248 g/mol. The Morgan fingerprint density at radius 2 is 2.00 bits per heavy atom. The first-order chi connectivity index (χ1) is 8.22. The summed E-state index contributed by atoms with van der Waals surface area (Å²) in [4.78, 5) is 10.4. The summed E-state index contributed by atoms with van der Waals surface area (Å²) in [6.45, 7) is 0. The molecular weight excluding hydrogens is 232 g/mol. The molecule has 0 spiro atoms. The molecule has 0 aliphatic carbocycles. The second kappa shape index (κ2) is 7.81. The van der Waals surface area contributed by atoms with Gasteiger partial charge in [-0.25, -0.2) is 0 Å². The smallest absolute Gasteiger partial charge is 0.303 e. The van der Waals surface area contributed by atoms with Crippen LogP contribution in [0.4, 0.5) is 0 Å². The molecule has 0 saturated carbocycles. The van der Waals surface area contributed by atoms with Gasteiger partial charge in [0, 0.05) is 24.2 Å². The minimum absolute atomic E-state index is 0.226. The predicted octanol–water partition coefficient (Wildman–Crippen LogP) is 2.77. The fourth-order valence-electron chi connectivity index (χ4n) is 1.42. The Kier molecular flexibility index (Phi) is 6.27. The van der Waals surface area contributed by atoms with E-state index in [0.717, 1.165) is 29.7 Å². The predicted molar refractivity (Wildman–Crippen MR) is 72.4 cm³/mol. The number of hydrogen-bond donors (Lipinski definition) is 2. The van der Waals surface area contributed by atoms with Crippen molar-refractivity contribution in [1.82, 2.24) is 0 Å². The van der Waals surface area contributed by atoms with Crippen molar-refractivity contribution in [2.45, 2.75) is 25.7 Å². The molecule has 0 saturated heterocycles. The van der Waals surface area contributed by atoms with Gasteiger partial charge in [0.15, 0.2) is 0 Å². The second-order valence-corrected chi connectivity index (χ2v) is 4.17. The van der Waals surface area contributed by atoms with Gasteiger partial charge in [-0.1, -0.05) is 24.0 Å². The number of carbonyl (C=O) groups is 1. The van der Waals surface area contributed by atoms with E-state index in [1.54, 1.807) is 0 Å². The molecule has 1 N–H and O–H groups in total. The van der Waals surface area contributed by atoms with E-state index in [2.05, 4.69) is 24.5 Å². The molecular formula is C14H16O2S. The number of rotatable bonds is 5. The quantitative estimate of drug-likeness (QED) is 0.621. The number of carboxylic acid groups (broad SMARTS) is 1. The Balaban J connectivity index is 2.45. The molecule has 0 aliphatic heterocycles. The largest absolute Gasteiger partial charge is 0.481 e. The van der Waals surface area contributed by atoms with Crippen LogP contribution in [0.25, 0.3) is 0 Å². The number of hydrogen-bond acceptors (Lipinski definition) is 2. The minimum Gasteiger partial charge on any atom is -0.481 e. The first kappa shape index (κ1) is 13.7. The topological polar surface area (TPSA) is 37.3 Å². The molecule has 17 heavy (non-hydrogen) atoms. The number of carboxylic acids is 1. The highest BCUT2D eigenvalue weighted by atomic mass is 32.1. The molecule has 0 aromatic heterocycles. The SMILES string of the molecule is O=C(O)CCCc1ccc(C#CCCS)cc1. The van der Waals surface area contributed by atoms with Gasteiger partial charge in [-0.2, -0.15) is 12.6 Å². The van der Waals surface area contributed by atoms with Crippen LogP contribution in [0, 0.1) is 11.8 Å². The molecule has 2 nitrogen and oxygen atoms in total. The summed E-state index contributed by atoms with van der Waals surface area (Å²) in [5.74, 6) is 6.12. The van der Waals surface area contributed by atoms with Gasteiger partial charge in [0.25, 0.3) is 0 Å². The lowest BCUT2D eigenvalue weighted by molar-refractivity contribution is -0.137. The van der Waals surface area contributed by atoms with Gasteiger partial charge in [-0.05, 0) is 30.5 Å². The van der Waals surface area contributed by atoms with E-state index >= 15 is 0 Å². The molecule has 3 heteroatoms. The summed E-state index contributed by atoms with van der Waals surface area (Å²) in [5.41, 5.74) is 2.15. The van der Waals surface area contributed by atoms with Gasteiger partial charge in [0.2, 0.25) is 0 Å². The van der Waals surface area contributed by atoms with Gasteiger partial charge < -0.3 is 5.11 Å². The molecule has 1 aromatic carbocycles. The van der Waals surface area contributed by atoms with E-state index in [-0.39, 0.29) is 6.42 Å². The number of thiol groups is 1. The first-order valence-electron chi connectivity index (χ1n) is 5.63. The normalized spacial score (nSPS) is 9.47. The van der Waals surface area contributed by atoms with E-state index < -0.39 is 5.97 Å². The van der Waals surface area contributed by atoms with Crippen LogP contribution >= 0.6 is 12.6 Å². The summed E-state index contributed by atoms with van der Waals surface area (Å²) in [6.07, 6.45) is 2.50. The Morgan fingerprint density at radius 1 is 1.29 bits per heavy atom. The van der Waals surface area contributed by atoms with Crippen LogP contribution in [0.15, 0.2) is 24.3 Å². The lowest BCUT2D eigenvalue weighted by Gasteiger charge is -1.99. The van der Waals surface area contributed by atoms with Crippen LogP contribution in [0.5, 0.6) is 0 Å². The number of aliphatic carboxylic acids is 1. The zero-order valence-electron chi connectivity index (χ0n) is 9.65. The Morgan fingerprint density at radius 3 is 2.59 bits per heavy atom. The van der Waals surface area contributed by atoms with E-state index in [4.69, 9.17) is 5.11 Å². The van der Waals surface area contributed by atoms with Crippen molar-refractivity contribution in [1.29, 1.82) is 0 Å². The Labute approximate surface area is 107 Å². The maximum atomic E-state index is 10.4.